The van der Waals surface area contributed by atoms with Crippen LogP contribution in [0.3, 0.4) is 0 Å². The smallest absolute Gasteiger partial charge is 0.113 e. The van der Waals surface area contributed by atoms with Crippen molar-refractivity contribution in [3.8, 4) is 11.3 Å². The largest absolute Gasteiger partial charge is 0.378 e. The quantitative estimate of drug-likeness (QED) is 0.200. The van der Waals surface area contributed by atoms with E-state index in [1.54, 1.807) is 4.68 Å². The highest BCUT2D eigenvalue weighted by molar-refractivity contribution is 6.35. The molecule has 2 heterocycles. The summed E-state index contributed by atoms with van der Waals surface area (Å²) in [6, 6.07) is 12.3. The predicted octanol–water partition coefficient (Wildman–Crippen LogP) is 3.87. The molecule has 0 amide bonds. The number of benzene rings is 2. The standard InChI is InChI=1S/C30H41Cl2N5O5/c1-36-20-27(26-18-25(31)19-29(32)28(26)21-36)23-3-2-4-24(17-23)30-22-37(35-34-30)6-8-39-10-12-41-14-16-42-15-13-40-11-9-38-7-5-33/h2-4,17-19,22,27H,5-16,20-21,33H2,1H3/t27-/m0/s1. The summed E-state index contributed by atoms with van der Waals surface area (Å²) in [6.45, 7) is 8.06. The number of ether oxygens (including phenoxy) is 5. The van der Waals surface area contributed by atoms with Crippen molar-refractivity contribution in [2.75, 3.05) is 86.2 Å². The maximum atomic E-state index is 6.56. The lowest BCUT2D eigenvalue weighted by molar-refractivity contribution is -0.0111. The van der Waals surface area contributed by atoms with Crippen LogP contribution in [0.25, 0.3) is 11.3 Å². The molecule has 0 bridgehead atoms. The molecule has 0 radical (unpaired) electrons. The van der Waals surface area contributed by atoms with Crippen molar-refractivity contribution in [3.05, 3.63) is 69.3 Å². The van der Waals surface area contributed by atoms with Crippen LogP contribution in [0, 0.1) is 0 Å². The highest BCUT2D eigenvalue weighted by Crippen LogP contribution is 2.39. The van der Waals surface area contributed by atoms with Crippen molar-refractivity contribution in [3.63, 3.8) is 0 Å². The molecule has 0 fully saturated rings. The van der Waals surface area contributed by atoms with E-state index in [4.69, 9.17) is 52.6 Å². The van der Waals surface area contributed by atoms with Crippen molar-refractivity contribution in [1.82, 2.24) is 19.9 Å². The van der Waals surface area contributed by atoms with E-state index in [-0.39, 0.29) is 5.92 Å². The fourth-order valence-electron chi connectivity index (χ4n) is 4.81. The first kappa shape index (κ1) is 32.8. The molecule has 12 heteroatoms. The van der Waals surface area contributed by atoms with E-state index in [1.165, 1.54) is 11.1 Å². The first-order valence-corrected chi connectivity index (χ1v) is 15.1. The molecule has 0 unspecified atom stereocenters. The van der Waals surface area contributed by atoms with Gasteiger partial charge in [0.1, 0.15) is 5.69 Å². The molecule has 2 N–H and O–H groups in total. The summed E-state index contributed by atoms with van der Waals surface area (Å²) < 4.78 is 29.1. The minimum atomic E-state index is 0.165. The van der Waals surface area contributed by atoms with Crippen LogP contribution in [0.2, 0.25) is 10.0 Å². The summed E-state index contributed by atoms with van der Waals surface area (Å²) in [5, 5.41) is 10.1. The molecular formula is C30H41Cl2N5O5. The van der Waals surface area contributed by atoms with E-state index < -0.39 is 0 Å². The third-order valence-corrected chi connectivity index (χ3v) is 7.39. The summed E-state index contributed by atoms with van der Waals surface area (Å²) in [6.07, 6.45) is 1.95. The van der Waals surface area contributed by atoms with Crippen molar-refractivity contribution in [2.24, 2.45) is 5.73 Å². The molecule has 230 valence electrons. The summed E-state index contributed by atoms with van der Waals surface area (Å²) in [7, 11) is 2.11. The molecule has 1 atom stereocenters. The molecule has 1 aliphatic heterocycles. The Kier molecular flexibility index (Phi) is 13.9. The first-order valence-electron chi connectivity index (χ1n) is 14.3. The number of nitrogens with zero attached hydrogens (tertiary/aromatic N) is 4. The van der Waals surface area contributed by atoms with Gasteiger partial charge in [0.15, 0.2) is 0 Å². The second kappa shape index (κ2) is 17.9. The normalized spacial score (nSPS) is 15.3. The van der Waals surface area contributed by atoms with Crippen LogP contribution in [0.4, 0.5) is 0 Å². The van der Waals surface area contributed by atoms with Gasteiger partial charge in [-0.3, -0.25) is 0 Å². The average Bonchev–Trinajstić information content (AvgIpc) is 3.46. The van der Waals surface area contributed by atoms with Gasteiger partial charge in [-0.15, -0.1) is 5.10 Å². The lowest BCUT2D eigenvalue weighted by Gasteiger charge is -2.33. The van der Waals surface area contributed by atoms with Gasteiger partial charge in [-0.05, 0) is 41.9 Å². The Morgan fingerprint density at radius 2 is 1.50 bits per heavy atom. The van der Waals surface area contributed by atoms with Gasteiger partial charge in [0.25, 0.3) is 0 Å². The fraction of sp³-hybridized carbons (Fsp3) is 0.533. The van der Waals surface area contributed by atoms with Crippen molar-refractivity contribution in [1.29, 1.82) is 0 Å². The van der Waals surface area contributed by atoms with Crippen LogP contribution >= 0.6 is 23.2 Å². The lowest BCUT2D eigenvalue weighted by Crippen LogP contribution is -2.31. The Morgan fingerprint density at radius 1 is 0.857 bits per heavy atom. The minimum absolute atomic E-state index is 0.165. The first-order chi connectivity index (χ1) is 20.5. The molecule has 0 saturated heterocycles. The van der Waals surface area contributed by atoms with Crippen molar-refractivity contribution < 1.29 is 23.7 Å². The zero-order valence-electron chi connectivity index (χ0n) is 24.2. The lowest BCUT2D eigenvalue weighted by atomic mass is 9.84. The number of aromatic nitrogens is 3. The maximum Gasteiger partial charge on any atom is 0.113 e. The molecule has 42 heavy (non-hydrogen) atoms. The van der Waals surface area contributed by atoms with Gasteiger partial charge in [0.05, 0.1) is 78.8 Å². The molecule has 1 aromatic heterocycles. The van der Waals surface area contributed by atoms with Gasteiger partial charge in [0, 0.05) is 41.2 Å². The van der Waals surface area contributed by atoms with E-state index in [9.17, 15) is 0 Å². The minimum Gasteiger partial charge on any atom is -0.378 e. The Hall–Kier alpha value is -2.12. The Morgan fingerprint density at radius 3 is 2.17 bits per heavy atom. The third-order valence-electron chi connectivity index (χ3n) is 6.83. The van der Waals surface area contributed by atoms with E-state index in [0.717, 1.165) is 29.9 Å². The highest BCUT2D eigenvalue weighted by atomic mass is 35.5. The monoisotopic (exact) mass is 621 g/mol. The van der Waals surface area contributed by atoms with Crippen LogP contribution in [0.15, 0.2) is 42.6 Å². The molecule has 10 nitrogen and oxygen atoms in total. The fourth-order valence-corrected chi connectivity index (χ4v) is 5.38. The van der Waals surface area contributed by atoms with Crippen LogP contribution in [0.1, 0.15) is 22.6 Å². The van der Waals surface area contributed by atoms with Gasteiger partial charge in [0.2, 0.25) is 0 Å². The maximum absolute atomic E-state index is 6.56. The van der Waals surface area contributed by atoms with Gasteiger partial charge in [-0.2, -0.15) is 0 Å². The van der Waals surface area contributed by atoms with Crippen molar-refractivity contribution >= 4 is 23.2 Å². The van der Waals surface area contributed by atoms with Gasteiger partial charge >= 0.3 is 0 Å². The third kappa shape index (κ3) is 10.3. The highest BCUT2D eigenvalue weighted by Gasteiger charge is 2.27. The Balaban J connectivity index is 1.14. The van der Waals surface area contributed by atoms with Crippen LogP contribution in [-0.2, 0) is 36.8 Å². The van der Waals surface area contributed by atoms with Gasteiger partial charge < -0.3 is 34.3 Å². The summed E-state index contributed by atoms with van der Waals surface area (Å²) >= 11 is 12.9. The molecule has 4 rings (SSSR count). The molecular weight excluding hydrogens is 581 g/mol. The second-order valence-corrected chi connectivity index (χ2v) is 10.9. The van der Waals surface area contributed by atoms with E-state index in [2.05, 4.69) is 46.5 Å². The molecule has 3 aromatic rings. The van der Waals surface area contributed by atoms with Crippen LogP contribution in [-0.4, -0.2) is 106 Å². The van der Waals surface area contributed by atoms with Crippen molar-refractivity contribution in [2.45, 2.75) is 19.0 Å². The number of nitrogens with two attached hydrogens (primary N) is 1. The summed E-state index contributed by atoms with van der Waals surface area (Å²) in [5.74, 6) is 0.165. The summed E-state index contributed by atoms with van der Waals surface area (Å²) in [4.78, 5) is 2.29. The van der Waals surface area contributed by atoms with E-state index in [0.29, 0.717) is 89.2 Å². The van der Waals surface area contributed by atoms with E-state index in [1.807, 2.05) is 18.3 Å². The molecule has 0 saturated carbocycles. The zero-order chi connectivity index (χ0) is 29.6. The Bertz CT molecular complexity index is 1230. The van der Waals surface area contributed by atoms with E-state index >= 15 is 0 Å². The van der Waals surface area contributed by atoms with Crippen LogP contribution in [0.5, 0.6) is 0 Å². The number of halogens is 2. The predicted molar refractivity (Wildman–Crippen MR) is 163 cm³/mol. The average molecular weight is 623 g/mol. The topological polar surface area (TPSA) is 106 Å². The molecule has 2 aromatic carbocycles. The zero-order valence-corrected chi connectivity index (χ0v) is 25.7. The second-order valence-electron chi connectivity index (χ2n) is 10.0. The number of likely N-dealkylation sites (N-methyl/N-ethyl adjacent to an activating group) is 1. The van der Waals surface area contributed by atoms with Crippen LogP contribution < -0.4 is 5.73 Å². The number of rotatable bonds is 19. The molecule has 1 aliphatic rings. The Labute approximate surface area is 257 Å². The summed E-state index contributed by atoms with van der Waals surface area (Å²) in [5.41, 5.74) is 10.7. The number of hydrogen-bond acceptors (Lipinski definition) is 9. The molecule has 0 spiro atoms. The number of hydrogen-bond donors (Lipinski definition) is 1. The van der Waals surface area contributed by atoms with Gasteiger partial charge in [-0.1, -0.05) is 46.6 Å². The van der Waals surface area contributed by atoms with Gasteiger partial charge in [-0.25, -0.2) is 4.68 Å². The number of fused-ring (bicyclic) bond motifs is 1. The SMILES string of the molecule is CN1Cc2c(Cl)cc(Cl)cc2[C@H](c2cccc(-c3cn(CCOCCOCCOCCOCCOCCN)nn3)c2)C1. The molecule has 0 aliphatic carbocycles.